The molecule has 10 nitrogen and oxygen atoms in total. The normalized spacial score (nSPS) is 26.2. The molecular formula is C21H33N5O5S3. The highest BCUT2D eigenvalue weighted by Gasteiger charge is 2.53. The minimum absolute atomic E-state index is 0.121. The summed E-state index contributed by atoms with van der Waals surface area (Å²) in [6, 6.07) is -0.658. The number of amides is 3. The van der Waals surface area contributed by atoms with Gasteiger partial charge in [-0.2, -0.15) is 5.26 Å². The van der Waals surface area contributed by atoms with Crippen LogP contribution < -0.4 is 15.4 Å². The van der Waals surface area contributed by atoms with E-state index in [4.69, 9.17) is 0 Å². The predicted octanol–water partition coefficient (Wildman–Crippen LogP) is 0.262. The SMILES string of the molecule is CC(C)(C)[C@H](NS(C)(=O)=O)C(=O)N1CC2(C[C@H]1C(=O)N[C@H](C#N)C[C@@H]1CCNC1=O)SCCS2. The van der Waals surface area contributed by atoms with E-state index >= 15 is 0 Å². The molecule has 0 aromatic carbocycles. The third kappa shape index (κ3) is 6.38. The van der Waals surface area contributed by atoms with Crippen LogP contribution in [0.1, 0.15) is 40.0 Å². The fourth-order valence-corrected chi connectivity index (χ4v) is 8.69. The molecule has 190 valence electrons. The molecule has 0 aliphatic carbocycles. The first kappa shape index (κ1) is 27.1. The van der Waals surface area contributed by atoms with E-state index in [1.54, 1.807) is 44.3 Å². The Kier molecular flexibility index (Phi) is 8.17. The van der Waals surface area contributed by atoms with Gasteiger partial charge >= 0.3 is 0 Å². The molecule has 3 aliphatic heterocycles. The van der Waals surface area contributed by atoms with Gasteiger partial charge in [-0.15, -0.1) is 23.5 Å². The molecule has 0 aromatic rings. The fraction of sp³-hybridized carbons (Fsp3) is 0.810. The van der Waals surface area contributed by atoms with Crippen molar-refractivity contribution in [2.24, 2.45) is 11.3 Å². The van der Waals surface area contributed by atoms with Gasteiger partial charge in [-0.25, -0.2) is 13.1 Å². The average molecular weight is 532 g/mol. The quantitative estimate of drug-likeness (QED) is 0.424. The molecule has 3 fully saturated rings. The van der Waals surface area contributed by atoms with E-state index < -0.39 is 45.4 Å². The van der Waals surface area contributed by atoms with Crippen LogP contribution in [0, 0.1) is 22.7 Å². The minimum atomic E-state index is -3.68. The summed E-state index contributed by atoms with van der Waals surface area (Å²) in [4.78, 5) is 40.4. The van der Waals surface area contributed by atoms with Crippen LogP contribution in [0.25, 0.3) is 0 Å². The van der Waals surface area contributed by atoms with E-state index in [1.165, 1.54) is 4.90 Å². The largest absolute Gasteiger partial charge is 0.356 e. The van der Waals surface area contributed by atoms with Gasteiger partial charge in [-0.1, -0.05) is 20.8 Å². The molecule has 13 heteroatoms. The maximum atomic E-state index is 13.7. The number of thioether (sulfide) groups is 2. The second-order valence-electron chi connectivity index (χ2n) is 10.2. The van der Waals surface area contributed by atoms with E-state index in [2.05, 4.69) is 21.4 Å². The fourth-order valence-electron chi connectivity index (χ4n) is 4.55. The summed E-state index contributed by atoms with van der Waals surface area (Å²) in [5, 5.41) is 15.1. The van der Waals surface area contributed by atoms with Gasteiger partial charge in [0, 0.05) is 36.9 Å². The molecular weight excluding hydrogens is 498 g/mol. The molecule has 3 rings (SSSR count). The monoisotopic (exact) mass is 531 g/mol. The lowest BCUT2D eigenvalue weighted by molar-refractivity contribution is -0.141. The van der Waals surface area contributed by atoms with E-state index in [1.807, 2.05) is 0 Å². The Morgan fingerprint density at radius 3 is 2.47 bits per heavy atom. The Labute approximate surface area is 209 Å². The molecule has 3 aliphatic rings. The number of nitriles is 1. The molecule has 0 radical (unpaired) electrons. The highest BCUT2D eigenvalue weighted by Crippen LogP contribution is 2.52. The first-order chi connectivity index (χ1) is 15.7. The number of hydrogen-bond acceptors (Lipinski definition) is 8. The summed E-state index contributed by atoms with van der Waals surface area (Å²) in [6.45, 7) is 6.18. The molecule has 0 aromatic heterocycles. The number of nitrogens with zero attached hydrogens (tertiary/aromatic N) is 2. The van der Waals surface area contributed by atoms with Gasteiger partial charge < -0.3 is 15.5 Å². The number of likely N-dealkylation sites (tertiary alicyclic amines) is 1. The summed E-state index contributed by atoms with van der Waals surface area (Å²) in [5.74, 6) is 0.459. The Balaban J connectivity index is 1.82. The molecule has 0 unspecified atom stereocenters. The van der Waals surface area contributed by atoms with Crippen LogP contribution in [-0.2, 0) is 24.4 Å². The van der Waals surface area contributed by atoms with Gasteiger partial charge in [0.25, 0.3) is 0 Å². The van der Waals surface area contributed by atoms with Crippen LogP contribution in [0.5, 0.6) is 0 Å². The zero-order chi connectivity index (χ0) is 25.3. The lowest BCUT2D eigenvalue weighted by atomic mass is 9.86. The second kappa shape index (κ2) is 10.2. The Morgan fingerprint density at radius 2 is 1.97 bits per heavy atom. The van der Waals surface area contributed by atoms with Crippen molar-refractivity contribution < 1.29 is 22.8 Å². The summed E-state index contributed by atoms with van der Waals surface area (Å²) in [6.07, 6.45) is 2.25. The molecule has 3 heterocycles. The van der Waals surface area contributed by atoms with Crippen molar-refractivity contribution in [2.45, 2.75) is 62.2 Å². The second-order valence-corrected chi connectivity index (χ2v) is 15.2. The summed E-state index contributed by atoms with van der Waals surface area (Å²) >= 11 is 3.42. The topological polar surface area (TPSA) is 148 Å². The first-order valence-corrected chi connectivity index (χ1v) is 15.1. The Hall–Kier alpha value is -1.49. The molecule has 1 spiro atoms. The van der Waals surface area contributed by atoms with Crippen LogP contribution in [0.2, 0.25) is 0 Å². The highest BCUT2D eigenvalue weighted by atomic mass is 32.2. The van der Waals surface area contributed by atoms with Crippen molar-refractivity contribution in [3.63, 3.8) is 0 Å². The first-order valence-electron chi connectivity index (χ1n) is 11.3. The van der Waals surface area contributed by atoms with Crippen molar-refractivity contribution in [3.8, 4) is 6.07 Å². The summed E-state index contributed by atoms with van der Waals surface area (Å²) in [7, 11) is -3.68. The number of rotatable bonds is 7. The molecule has 0 saturated carbocycles. The number of carbonyl (C=O) groups excluding carboxylic acids is 3. The lowest BCUT2D eigenvalue weighted by Gasteiger charge is -2.35. The van der Waals surface area contributed by atoms with Crippen LogP contribution >= 0.6 is 23.5 Å². The summed E-state index contributed by atoms with van der Waals surface area (Å²) < 4.78 is 26.1. The zero-order valence-corrected chi connectivity index (χ0v) is 22.4. The van der Waals surface area contributed by atoms with Crippen molar-refractivity contribution in [1.82, 2.24) is 20.3 Å². The predicted molar refractivity (Wildman–Crippen MR) is 132 cm³/mol. The third-order valence-electron chi connectivity index (χ3n) is 6.29. The highest BCUT2D eigenvalue weighted by molar-refractivity contribution is 8.21. The van der Waals surface area contributed by atoms with Crippen molar-refractivity contribution >= 4 is 51.3 Å². The maximum absolute atomic E-state index is 13.7. The molecule has 3 saturated heterocycles. The van der Waals surface area contributed by atoms with Crippen molar-refractivity contribution in [3.05, 3.63) is 0 Å². The van der Waals surface area contributed by atoms with Crippen molar-refractivity contribution in [2.75, 3.05) is 30.9 Å². The Morgan fingerprint density at radius 1 is 1.32 bits per heavy atom. The average Bonchev–Trinajstić information content (AvgIpc) is 3.45. The van der Waals surface area contributed by atoms with Gasteiger partial charge in [0.1, 0.15) is 18.1 Å². The van der Waals surface area contributed by atoms with Gasteiger partial charge in [0.2, 0.25) is 27.7 Å². The third-order valence-corrected chi connectivity index (χ3v) is 10.4. The number of sulfonamides is 1. The smallest absolute Gasteiger partial charge is 0.243 e. The van der Waals surface area contributed by atoms with Gasteiger partial charge in [-0.3, -0.25) is 14.4 Å². The molecule has 4 atom stereocenters. The maximum Gasteiger partial charge on any atom is 0.243 e. The summed E-state index contributed by atoms with van der Waals surface area (Å²) in [5.41, 5.74) is -0.724. The van der Waals surface area contributed by atoms with E-state index in [-0.39, 0.29) is 22.3 Å². The minimum Gasteiger partial charge on any atom is -0.356 e. The molecule has 0 bridgehead atoms. The number of hydrogen-bond donors (Lipinski definition) is 3. The van der Waals surface area contributed by atoms with Gasteiger partial charge in [0.15, 0.2) is 0 Å². The number of carbonyl (C=O) groups is 3. The van der Waals surface area contributed by atoms with Crippen LogP contribution in [-0.4, -0.2) is 84.1 Å². The van der Waals surface area contributed by atoms with Crippen LogP contribution in [0.3, 0.4) is 0 Å². The zero-order valence-electron chi connectivity index (χ0n) is 19.9. The molecule has 3 amide bonds. The van der Waals surface area contributed by atoms with Crippen LogP contribution in [0.15, 0.2) is 0 Å². The van der Waals surface area contributed by atoms with E-state index in [9.17, 15) is 28.1 Å². The van der Waals surface area contributed by atoms with Crippen LogP contribution in [0.4, 0.5) is 0 Å². The number of nitrogens with one attached hydrogen (secondary N) is 3. The molecule has 3 N–H and O–H groups in total. The standard InChI is InChI=1S/C21H33N5O5S3/c1-20(2,3)16(25-34(4,30)31)19(29)26-12-21(32-7-8-33-21)10-15(26)18(28)24-14(11-22)9-13-5-6-23-17(13)27/h13-16,25H,5-10,12H2,1-4H3,(H,23,27)(H,24,28)/t13-,14-,15-,16+/m0/s1. The van der Waals surface area contributed by atoms with E-state index in [0.29, 0.717) is 25.9 Å². The van der Waals surface area contributed by atoms with Gasteiger partial charge in [-0.05, 0) is 18.3 Å². The molecule has 34 heavy (non-hydrogen) atoms. The van der Waals surface area contributed by atoms with Crippen molar-refractivity contribution in [1.29, 1.82) is 5.26 Å². The van der Waals surface area contributed by atoms with E-state index in [0.717, 1.165) is 17.8 Å². The van der Waals surface area contributed by atoms with Gasteiger partial charge in [0.05, 0.1) is 16.4 Å². The Bertz CT molecular complexity index is 968. The lowest BCUT2D eigenvalue weighted by Crippen LogP contribution is -2.58.